The highest BCUT2D eigenvalue weighted by molar-refractivity contribution is 8.01. The molecule has 0 spiro atoms. The van der Waals surface area contributed by atoms with E-state index < -0.39 is 0 Å². The van der Waals surface area contributed by atoms with Gasteiger partial charge in [-0.3, -0.25) is 4.79 Å². The molecule has 0 aromatic heterocycles. The van der Waals surface area contributed by atoms with E-state index in [1.54, 1.807) is 0 Å². The third-order valence-corrected chi connectivity index (χ3v) is 5.26. The van der Waals surface area contributed by atoms with Crippen molar-refractivity contribution < 1.29 is 4.79 Å². The number of rotatable bonds is 3. The van der Waals surface area contributed by atoms with Crippen molar-refractivity contribution in [3.8, 4) is 0 Å². The predicted octanol–water partition coefficient (Wildman–Crippen LogP) is 1.48. The smallest absolute Gasteiger partial charge is 0.238 e. The molecule has 1 N–H and O–H groups in total. The van der Waals surface area contributed by atoms with Gasteiger partial charge in [0.15, 0.2) is 0 Å². The molecule has 0 aromatic rings. The van der Waals surface area contributed by atoms with Crippen LogP contribution in [0.3, 0.4) is 0 Å². The van der Waals surface area contributed by atoms with E-state index in [0.717, 1.165) is 38.2 Å². The van der Waals surface area contributed by atoms with Crippen LogP contribution in [0.4, 0.5) is 0 Å². The zero-order valence-corrected chi connectivity index (χ0v) is 11.1. The van der Waals surface area contributed by atoms with Crippen molar-refractivity contribution in [3.05, 3.63) is 0 Å². The summed E-state index contributed by atoms with van der Waals surface area (Å²) in [6.07, 6.45) is 3.35. The molecule has 2 aliphatic heterocycles. The van der Waals surface area contributed by atoms with Crippen molar-refractivity contribution in [3.63, 3.8) is 0 Å². The molecule has 3 nitrogen and oxygen atoms in total. The van der Waals surface area contributed by atoms with E-state index >= 15 is 0 Å². The van der Waals surface area contributed by atoms with Gasteiger partial charge in [-0.2, -0.15) is 0 Å². The summed E-state index contributed by atoms with van der Waals surface area (Å²) in [5.41, 5.74) is 0. The van der Waals surface area contributed by atoms with Crippen molar-refractivity contribution in [2.24, 2.45) is 0 Å². The molecule has 92 valence electrons. The molecule has 2 atom stereocenters. The standard InChI is InChI=1S/C12H22N2OS/c1-3-14(10-5-7-13-9-10)11(15)12(2)6-4-8-16-12/h10,13H,3-9H2,1-2H3. The summed E-state index contributed by atoms with van der Waals surface area (Å²) in [7, 11) is 0. The fourth-order valence-corrected chi connectivity index (χ4v) is 3.99. The maximum atomic E-state index is 12.6. The fraction of sp³-hybridized carbons (Fsp3) is 0.917. The Morgan fingerprint density at radius 1 is 1.62 bits per heavy atom. The number of amides is 1. The zero-order valence-electron chi connectivity index (χ0n) is 10.3. The third kappa shape index (κ3) is 2.23. The highest BCUT2D eigenvalue weighted by Crippen LogP contribution is 2.39. The molecule has 16 heavy (non-hydrogen) atoms. The van der Waals surface area contributed by atoms with E-state index in [0.29, 0.717) is 11.9 Å². The van der Waals surface area contributed by atoms with E-state index in [9.17, 15) is 4.79 Å². The van der Waals surface area contributed by atoms with E-state index in [4.69, 9.17) is 0 Å². The van der Waals surface area contributed by atoms with Gasteiger partial charge in [0.05, 0.1) is 4.75 Å². The molecule has 0 aromatic carbocycles. The second-order valence-corrected chi connectivity index (χ2v) is 6.52. The molecule has 2 fully saturated rings. The number of carbonyl (C=O) groups is 1. The first-order chi connectivity index (χ1) is 7.67. The Morgan fingerprint density at radius 2 is 2.44 bits per heavy atom. The summed E-state index contributed by atoms with van der Waals surface area (Å²) in [6.45, 7) is 7.09. The number of nitrogens with one attached hydrogen (secondary N) is 1. The average molecular weight is 242 g/mol. The highest BCUT2D eigenvalue weighted by atomic mass is 32.2. The van der Waals surface area contributed by atoms with Gasteiger partial charge in [-0.25, -0.2) is 0 Å². The number of likely N-dealkylation sites (N-methyl/N-ethyl adjacent to an activating group) is 1. The Morgan fingerprint density at radius 3 is 2.94 bits per heavy atom. The lowest BCUT2D eigenvalue weighted by Gasteiger charge is -2.34. The van der Waals surface area contributed by atoms with E-state index in [1.165, 1.54) is 6.42 Å². The molecule has 0 bridgehead atoms. The summed E-state index contributed by atoms with van der Waals surface area (Å²) in [6, 6.07) is 0.426. The van der Waals surface area contributed by atoms with Gasteiger partial charge in [0.2, 0.25) is 5.91 Å². The van der Waals surface area contributed by atoms with Gasteiger partial charge in [0.25, 0.3) is 0 Å². The first-order valence-corrected chi connectivity index (χ1v) is 7.31. The number of hydrogen-bond acceptors (Lipinski definition) is 3. The number of hydrogen-bond donors (Lipinski definition) is 1. The second kappa shape index (κ2) is 4.96. The highest BCUT2D eigenvalue weighted by Gasteiger charge is 2.41. The van der Waals surface area contributed by atoms with Crippen LogP contribution < -0.4 is 5.32 Å². The Balaban J connectivity index is 2.05. The lowest BCUT2D eigenvalue weighted by molar-refractivity contribution is -0.135. The molecule has 4 heteroatoms. The molecular formula is C12H22N2OS. The maximum Gasteiger partial charge on any atom is 0.238 e. The molecule has 2 unspecified atom stereocenters. The van der Waals surface area contributed by atoms with Gasteiger partial charge < -0.3 is 10.2 Å². The van der Waals surface area contributed by atoms with E-state index in [2.05, 4.69) is 24.1 Å². The Bertz CT molecular complexity index is 258. The number of nitrogens with zero attached hydrogens (tertiary/aromatic N) is 1. The summed E-state index contributed by atoms with van der Waals surface area (Å²) in [5.74, 6) is 1.51. The Hall–Kier alpha value is -0.220. The molecule has 0 saturated carbocycles. The first kappa shape index (κ1) is 12.2. The molecule has 2 aliphatic rings. The molecule has 2 rings (SSSR count). The Kier molecular flexibility index (Phi) is 3.80. The summed E-state index contributed by atoms with van der Waals surface area (Å²) < 4.78 is -0.140. The maximum absolute atomic E-state index is 12.6. The lowest BCUT2D eigenvalue weighted by Crippen LogP contribution is -2.49. The van der Waals surface area contributed by atoms with Crippen LogP contribution in [-0.4, -0.2) is 47.0 Å². The topological polar surface area (TPSA) is 32.3 Å². The van der Waals surface area contributed by atoms with Crippen molar-refractivity contribution in [2.45, 2.75) is 43.9 Å². The SMILES string of the molecule is CCN(C(=O)C1(C)CCCS1)C1CCNC1. The predicted molar refractivity (Wildman–Crippen MR) is 68.8 cm³/mol. The number of carbonyl (C=O) groups excluding carboxylic acids is 1. The quantitative estimate of drug-likeness (QED) is 0.813. The van der Waals surface area contributed by atoms with E-state index in [-0.39, 0.29) is 4.75 Å². The van der Waals surface area contributed by atoms with Crippen LogP contribution in [0, 0.1) is 0 Å². The van der Waals surface area contributed by atoms with Gasteiger partial charge in [0.1, 0.15) is 0 Å². The zero-order chi connectivity index (χ0) is 11.6. The second-order valence-electron chi connectivity index (χ2n) is 4.92. The van der Waals surface area contributed by atoms with Gasteiger partial charge in [0, 0.05) is 19.1 Å². The van der Waals surface area contributed by atoms with Gasteiger partial charge in [-0.05, 0) is 45.4 Å². The minimum absolute atomic E-state index is 0.140. The van der Waals surface area contributed by atoms with Crippen molar-refractivity contribution in [1.82, 2.24) is 10.2 Å². The van der Waals surface area contributed by atoms with Crippen LogP contribution >= 0.6 is 11.8 Å². The molecule has 0 radical (unpaired) electrons. The minimum Gasteiger partial charge on any atom is -0.337 e. The molecule has 2 heterocycles. The van der Waals surface area contributed by atoms with Crippen LogP contribution in [0.15, 0.2) is 0 Å². The van der Waals surface area contributed by atoms with Gasteiger partial charge in [-0.1, -0.05) is 0 Å². The first-order valence-electron chi connectivity index (χ1n) is 6.33. The molecule has 1 amide bonds. The van der Waals surface area contributed by atoms with Crippen LogP contribution in [0.2, 0.25) is 0 Å². The minimum atomic E-state index is -0.140. The van der Waals surface area contributed by atoms with Gasteiger partial charge in [-0.15, -0.1) is 11.8 Å². The van der Waals surface area contributed by atoms with Crippen molar-refractivity contribution in [1.29, 1.82) is 0 Å². The van der Waals surface area contributed by atoms with Crippen molar-refractivity contribution >= 4 is 17.7 Å². The molecular weight excluding hydrogens is 220 g/mol. The van der Waals surface area contributed by atoms with Crippen LogP contribution in [0.1, 0.15) is 33.1 Å². The fourth-order valence-electron chi connectivity index (χ4n) is 2.72. The van der Waals surface area contributed by atoms with Crippen LogP contribution in [-0.2, 0) is 4.79 Å². The van der Waals surface area contributed by atoms with E-state index in [1.807, 2.05) is 11.8 Å². The number of thioether (sulfide) groups is 1. The summed E-state index contributed by atoms with van der Waals surface area (Å²) in [5, 5.41) is 3.34. The lowest BCUT2D eigenvalue weighted by atomic mass is 10.0. The Labute approximate surface area is 102 Å². The normalized spacial score (nSPS) is 34.2. The molecule has 2 saturated heterocycles. The van der Waals surface area contributed by atoms with Crippen molar-refractivity contribution in [2.75, 3.05) is 25.4 Å². The largest absolute Gasteiger partial charge is 0.337 e. The third-order valence-electron chi connectivity index (χ3n) is 3.75. The molecule has 0 aliphatic carbocycles. The monoisotopic (exact) mass is 242 g/mol. The van der Waals surface area contributed by atoms with Crippen LogP contribution in [0.25, 0.3) is 0 Å². The van der Waals surface area contributed by atoms with Crippen LogP contribution in [0.5, 0.6) is 0 Å². The average Bonchev–Trinajstić information content (AvgIpc) is 2.91. The summed E-state index contributed by atoms with van der Waals surface area (Å²) in [4.78, 5) is 14.7. The van der Waals surface area contributed by atoms with Gasteiger partial charge >= 0.3 is 0 Å². The summed E-state index contributed by atoms with van der Waals surface area (Å²) >= 11 is 1.84.